The standard InChI is InChI=1S/C17H32O2/c1-7-11-12(5)14-13(6)16(18)19-15(14)17(8-2,9-3)10-4/h12,15-16,18H,7-11H2,1-6H3. The fourth-order valence-corrected chi connectivity index (χ4v) is 3.67. The largest absolute Gasteiger partial charge is 0.364 e. The molecule has 0 radical (unpaired) electrons. The summed E-state index contributed by atoms with van der Waals surface area (Å²) in [6, 6.07) is 0. The zero-order valence-corrected chi connectivity index (χ0v) is 13.6. The molecule has 0 amide bonds. The zero-order valence-electron chi connectivity index (χ0n) is 13.6. The predicted octanol–water partition coefficient (Wildman–Crippen LogP) is 4.67. The molecule has 0 saturated heterocycles. The molecule has 1 aliphatic rings. The summed E-state index contributed by atoms with van der Waals surface area (Å²) in [5.41, 5.74) is 2.61. The minimum atomic E-state index is -0.691. The molecule has 1 aliphatic heterocycles. The number of aliphatic hydroxyl groups excluding tert-OH is 1. The van der Waals surface area contributed by atoms with E-state index in [2.05, 4.69) is 34.6 Å². The van der Waals surface area contributed by atoms with Crippen molar-refractivity contribution in [3.05, 3.63) is 11.1 Å². The summed E-state index contributed by atoms with van der Waals surface area (Å²) in [4.78, 5) is 0. The normalized spacial score (nSPS) is 26.1. The number of hydrogen-bond acceptors (Lipinski definition) is 2. The SMILES string of the molecule is CCCC(C)C1=C(C)C(O)OC1C(CC)(CC)CC. The molecule has 0 bridgehead atoms. The van der Waals surface area contributed by atoms with Gasteiger partial charge in [-0.1, -0.05) is 41.0 Å². The van der Waals surface area contributed by atoms with Crippen molar-refractivity contribution in [2.45, 2.75) is 86.0 Å². The topological polar surface area (TPSA) is 29.5 Å². The maximum Gasteiger partial charge on any atom is 0.177 e. The Hall–Kier alpha value is -0.340. The molecule has 19 heavy (non-hydrogen) atoms. The summed E-state index contributed by atoms with van der Waals surface area (Å²) in [5.74, 6) is 0.510. The molecule has 0 aromatic carbocycles. The maximum absolute atomic E-state index is 10.1. The monoisotopic (exact) mass is 268 g/mol. The van der Waals surface area contributed by atoms with E-state index < -0.39 is 6.29 Å². The van der Waals surface area contributed by atoms with Gasteiger partial charge in [-0.3, -0.25) is 0 Å². The summed E-state index contributed by atoms with van der Waals surface area (Å²) in [7, 11) is 0. The molecule has 1 rings (SSSR count). The van der Waals surface area contributed by atoms with Crippen LogP contribution in [0.2, 0.25) is 0 Å². The average Bonchev–Trinajstić information content (AvgIpc) is 2.70. The molecule has 2 nitrogen and oxygen atoms in total. The van der Waals surface area contributed by atoms with Gasteiger partial charge in [0.05, 0.1) is 6.10 Å². The minimum absolute atomic E-state index is 0.101. The first-order valence-corrected chi connectivity index (χ1v) is 8.01. The second-order valence-electron chi connectivity index (χ2n) is 6.12. The van der Waals surface area contributed by atoms with E-state index in [1.165, 1.54) is 18.4 Å². The van der Waals surface area contributed by atoms with E-state index >= 15 is 0 Å². The van der Waals surface area contributed by atoms with Crippen LogP contribution >= 0.6 is 0 Å². The lowest BCUT2D eigenvalue weighted by Gasteiger charge is -2.39. The molecular weight excluding hydrogens is 236 g/mol. The quantitative estimate of drug-likeness (QED) is 0.680. The van der Waals surface area contributed by atoms with Crippen molar-refractivity contribution >= 4 is 0 Å². The third-order valence-electron chi connectivity index (χ3n) is 5.29. The lowest BCUT2D eigenvalue weighted by molar-refractivity contribution is -0.124. The minimum Gasteiger partial charge on any atom is -0.364 e. The van der Waals surface area contributed by atoms with Crippen LogP contribution in [-0.4, -0.2) is 17.5 Å². The number of rotatable bonds is 7. The fourth-order valence-electron chi connectivity index (χ4n) is 3.67. The van der Waals surface area contributed by atoms with Crippen LogP contribution in [-0.2, 0) is 4.74 Å². The van der Waals surface area contributed by atoms with Gasteiger partial charge in [0.15, 0.2) is 6.29 Å². The third kappa shape index (κ3) is 3.05. The molecule has 1 heterocycles. The van der Waals surface area contributed by atoms with Crippen LogP contribution in [0, 0.1) is 11.3 Å². The molecule has 0 aromatic rings. The van der Waals surface area contributed by atoms with Crippen LogP contribution < -0.4 is 0 Å². The van der Waals surface area contributed by atoms with Crippen molar-refractivity contribution in [3.63, 3.8) is 0 Å². The lowest BCUT2D eigenvalue weighted by Crippen LogP contribution is -2.37. The highest BCUT2D eigenvalue weighted by Gasteiger charge is 2.44. The molecule has 0 spiro atoms. The van der Waals surface area contributed by atoms with Gasteiger partial charge in [-0.2, -0.15) is 0 Å². The van der Waals surface area contributed by atoms with Gasteiger partial charge in [0.2, 0.25) is 0 Å². The number of ether oxygens (including phenoxy) is 1. The van der Waals surface area contributed by atoms with Crippen LogP contribution in [0.5, 0.6) is 0 Å². The Morgan fingerprint density at radius 3 is 2.11 bits per heavy atom. The zero-order chi connectivity index (χ0) is 14.6. The molecule has 0 aliphatic carbocycles. The smallest absolute Gasteiger partial charge is 0.177 e. The first kappa shape index (κ1) is 16.7. The summed E-state index contributed by atoms with van der Waals surface area (Å²) in [6.07, 6.45) is 5.07. The van der Waals surface area contributed by atoms with E-state index in [0.717, 1.165) is 24.8 Å². The van der Waals surface area contributed by atoms with Gasteiger partial charge in [0, 0.05) is 0 Å². The van der Waals surface area contributed by atoms with E-state index in [1.807, 2.05) is 6.92 Å². The van der Waals surface area contributed by atoms with E-state index in [-0.39, 0.29) is 11.5 Å². The van der Waals surface area contributed by atoms with Crippen LogP contribution in [0.25, 0.3) is 0 Å². The van der Waals surface area contributed by atoms with Crippen LogP contribution in [0.4, 0.5) is 0 Å². The molecule has 1 N–H and O–H groups in total. The molecule has 0 saturated carbocycles. The molecule has 3 unspecified atom stereocenters. The molecule has 0 aromatic heterocycles. The number of aliphatic hydroxyl groups is 1. The molecule has 2 heteroatoms. The summed E-state index contributed by atoms with van der Waals surface area (Å²) < 4.78 is 5.97. The van der Waals surface area contributed by atoms with E-state index in [0.29, 0.717) is 5.92 Å². The van der Waals surface area contributed by atoms with Crippen LogP contribution in [0.15, 0.2) is 11.1 Å². The first-order chi connectivity index (χ1) is 8.97. The Bertz CT molecular complexity index is 307. The highest BCUT2D eigenvalue weighted by molar-refractivity contribution is 5.28. The summed E-state index contributed by atoms with van der Waals surface area (Å²) >= 11 is 0. The molecular formula is C17H32O2. The Morgan fingerprint density at radius 1 is 1.16 bits per heavy atom. The summed E-state index contributed by atoms with van der Waals surface area (Å²) in [6.45, 7) is 13.3. The van der Waals surface area contributed by atoms with Crippen molar-refractivity contribution in [3.8, 4) is 0 Å². The van der Waals surface area contributed by atoms with Gasteiger partial charge >= 0.3 is 0 Å². The summed E-state index contributed by atoms with van der Waals surface area (Å²) in [5, 5.41) is 10.1. The molecule has 112 valence electrons. The third-order valence-corrected chi connectivity index (χ3v) is 5.29. The molecule has 3 atom stereocenters. The maximum atomic E-state index is 10.1. The van der Waals surface area contributed by atoms with Gasteiger partial charge in [0.1, 0.15) is 0 Å². The Labute approximate surface area is 119 Å². The predicted molar refractivity (Wildman–Crippen MR) is 81.0 cm³/mol. The molecule has 0 fully saturated rings. The first-order valence-electron chi connectivity index (χ1n) is 8.01. The Balaban J connectivity index is 3.13. The number of hydrogen-bond donors (Lipinski definition) is 1. The average molecular weight is 268 g/mol. The van der Waals surface area contributed by atoms with Crippen molar-refractivity contribution in [2.75, 3.05) is 0 Å². The van der Waals surface area contributed by atoms with Gasteiger partial charge in [0.25, 0.3) is 0 Å². The second kappa shape index (κ2) is 6.90. The van der Waals surface area contributed by atoms with E-state index in [1.54, 1.807) is 0 Å². The van der Waals surface area contributed by atoms with Crippen LogP contribution in [0.1, 0.15) is 73.6 Å². The van der Waals surface area contributed by atoms with Gasteiger partial charge < -0.3 is 9.84 Å². The van der Waals surface area contributed by atoms with Crippen molar-refractivity contribution in [1.82, 2.24) is 0 Å². The highest BCUT2D eigenvalue weighted by Crippen LogP contribution is 2.47. The fraction of sp³-hybridized carbons (Fsp3) is 0.882. The Morgan fingerprint density at radius 2 is 1.68 bits per heavy atom. The van der Waals surface area contributed by atoms with Crippen molar-refractivity contribution < 1.29 is 9.84 Å². The van der Waals surface area contributed by atoms with Crippen molar-refractivity contribution in [2.24, 2.45) is 11.3 Å². The lowest BCUT2D eigenvalue weighted by atomic mass is 9.69. The Kier molecular flexibility index (Phi) is 6.07. The van der Waals surface area contributed by atoms with E-state index in [4.69, 9.17) is 4.74 Å². The van der Waals surface area contributed by atoms with Crippen molar-refractivity contribution in [1.29, 1.82) is 0 Å². The van der Waals surface area contributed by atoms with Gasteiger partial charge in [-0.15, -0.1) is 0 Å². The van der Waals surface area contributed by atoms with Gasteiger partial charge in [-0.25, -0.2) is 0 Å². The second-order valence-corrected chi connectivity index (χ2v) is 6.12. The highest BCUT2D eigenvalue weighted by atomic mass is 16.6. The van der Waals surface area contributed by atoms with E-state index in [9.17, 15) is 5.11 Å². The van der Waals surface area contributed by atoms with Crippen LogP contribution in [0.3, 0.4) is 0 Å². The van der Waals surface area contributed by atoms with Gasteiger partial charge in [-0.05, 0) is 55.1 Å².